The molecule has 0 radical (unpaired) electrons. The summed E-state index contributed by atoms with van der Waals surface area (Å²) in [5, 5.41) is 4.13. The first kappa shape index (κ1) is 16.9. The van der Waals surface area contributed by atoms with Gasteiger partial charge in [-0.15, -0.1) is 0 Å². The SMILES string of the molecule is C/C(=C/C(=O)N(Cc1cnn(C)c1)C(C)C)c1ccc(F)cc1. The molecule has 122 valence electrons. The third-order valence-electron chi connectivity index (χ3n) is 3.66. The van der Waals surface area contributed by atoms with Crippen LogP contribution < -0.4 is 0 Å². The highest BCUT2D eigenvalue weighted by molar-refractivity contribution is 5.95. The highest BCUT2D eigenvalue weighted by Gasteiger charge is 2.16. The molecule has 5 heteroatoms. The summed E-state index contributed by atoms with van der Waals surface area (Å²) < 4.78 is 14.7. The highest BCUT2D eigenvalue weighted by atomic mass is 19.1. The second-order valence-electron chi connectivity index (χ2n) is 5.92. The molecule has 0 fully saturated rings. The lowest BCUT2D eigenvalue weighted by molar-refractivity contribution is -0.128. The molecule has 0 atom stereocenters. The Bertz CT molecular complexity index is 701. The fourth-order valence-corrected chi connectivity index (χ4v) is 2.33. The van der Waals surface area contributed by atoms with E-state index in [-0.39, 0.29) is 17.8 Å². The number of hydrogen-bond acceptors (Lipinski definition) is 2. The third kappa shape index (κ3) is 4.52. The van der Waals surface area contributed by atoms with Crippen LogP contribution in [-0.4, -0.2) is 26.6 Å². The molecule has 0 unspecified atom stereocenters. The normalized spacial score (nSPS) is 11.8. The van der Waals surface area contributed by atoms with Crippen LogP contribution in [-0.2, 0) is 18.4 Å². The quantitative estimate of drug-likeness (QED) is 0.793. The zero-order chi connectivity index (χ0) is 17.0. The molecule has 4 nitrogen and oxygen atoms in total. The van der Waals surface area contributed by atoms with Gasteiger partial charge in [0.15, 0.2) is 0 Å². The van der Waals surface area contributed by atoms with Crippen LogP contribution in [0, 0.1) is 5.82 Å². The monoisotopic (exact) mass is 315 g/mol. The zero-order valence-electron chi connectivity index (χ0n) is 14.0. The van der Waals surface area contributed by atoms with Crippen molar-refractivity contribution in [2.75, 3.05) is 0 Å². The summed E-state index contributed by atoms with van der Waals surface area (Å²) in [6.07, 6.45) is 5.27. The van der Waals surface area contributed by atoms with Gasteiger partial charge < -0.3 is 4.90 Å². The van der Waals surface area contributed by atoms with Crippen LogP contribution in [0.4, 0.5) is 4.39 Å². The first-order chi connectivity index (χ1) is 10.9. The van der Waals surface area contributed by atoms with Crippen molar-refractivity contribution >= 4 is 11.5 Å². The minimum absolute atomic E-state index is 0.0642. The van der Waals surface area contributed by atoms with E-state index in [1.165, 1.54) is 12.1 Å². The molecule has 1 aromatic heterocycles. The maximum Gasteiger partial charge on any atom is 0.247 e. The summed E-state index contributed by atoms with van der Waals surface area (Å²) in [5.74, 6) is -0.348. The molecule has 0 spiro atoms. The van der Waals surface area contributed by atoms with Crippen molar-refractivity contribution in [3.63, 3.8) is 0 Å². The first-order valence-corrected chi connectivity index (χ1v) is 7.59. The summed E-state index contributed by atoms with van der Waals surface area (Å²) in [7, 11) is 1.85. The van der Waals surface area contributed by atoms with Crippen LogP contribution in [0.2, 0.25) is 0 Å². The number of carbonyl (C=O) groups is 1. The standard InChI is InChI=1S/C18H22FN3O/c1-13(2)22(12-15-10-20-21(4)11-15)18(23)9-14(3)16-5-7-17(19)8-6-16/h5-11,13H,12H2,1-4H3/b14-9-. The molecule has 1 heterocycles. The minimum atomic E-state index is -0.284. The molecular weight excluding hydrogens is 293 g/mol. The van der Waals surface area contributed by atoms with Crippen molar-refractivity contribution in [1.29, 1.82) is 0 Å². The van der Waals surface area contributed by atoms with E-state index in [1.54, 1.807) is 34.0 Å². The Balaban J connectivity index is 2.17. The third-order valence-corrected chi connectivity index (χ3v) is 3.66. The number of rotatable bonds is 5. The summed E-state index contributed by atoms with van der Waals surface area (Å²) in [6, 6.07) is 6.21. The smallest absolute Gasteiger partial charge is 0.247 e. The number of benzene rings is 1. The fraction of sp³-hybridized carbons (Fsp3) is 0.333. The van der Waals surface area contributed by atoms with Crippen LogP contribution in [0.1, 0.15) is 31.9 Å². The number of nitrogens with zero attached hydrogens (tertiary/aromatic N) is 3. The number of hydrogen-bond donors (Lipinski definition) is 0. The van der Waals surface area contributed by atoms with Gasteiger partial charge in [0.05, 0.1) is 6.20 Å². The van der Waals surface area contributed by atoms with E-state index >= 15 is 0 Å². The van der Waals surface area contributed by atoms with Gasteiger partial charge >= 0.3 is 0 Å². The molecule has 0 saturated heterocycles. The molecule has 0 bridgehead atoms. The largest absolute Gasteiger partial charge is 0.332 e. The van der Waals surface area contributed by atoms with Crippen molar-refractivity contribution < 1.29 is 9.18 Å². The Morgan fingerprint density at radius 1 is 1.35 bits per heavy atom. The lowest BCUT2D eigenvalue weighted by Gasteiger charge is -2.25. The highest BCUT2D eigenvalue weighted by Crippen LogP contribution is 2.16. The van der Waals surface area contributed by atoms with E-state index in [9.17, 15) is 9.18 Å². The van der Waals surface area contributed by atoms with Gasteiger partial charge in [0, 0.05) is 37.5 Å². The predicted molar refractivity (Wildman–Crippen MR) is 88.9 cm³/mol. The maximum atomic E-state index is 13.0. The van der Waals surface area contributed by atoms with Crippen molar-refractivity contribution in [1.82, 2.24) is 14.7 Å². The van der Waals surface area contributed by atoms with E-state index in [0.717, 1.165) is 16.7 Å². The molecule has 0 aliphatic rings. The second kappa shape index (κ2) is 7.22. The average molecular weight is 315 g/mol. The number of carbonyl (C=O) groups excluding carboxylic acids is 1. The Labute approximate surface area is 136 Å². The van der Waals surface area contributed by atoms with Crippen LogP contribution in [0.15, 0.2) is 42.7 Å². The van der Waals surface area contributed by atoms with Gasteiger partial charge in [-0.2, -0.15) is 5.10 Å². The minimum Gasteiger partial charge on any atom is -0.332 e. The first-order valence-electron chi connectivity index (χ1n) is 7.59. The molecule has 1 amide bonds. The Morgan fingerprint density at radius 3 is 2.52 bits per heavy atom. The predicted octanol–water partition coefficient (Wildman–Crippen LogP) is 3.40. The summed E-state index contributed by atoms with van der Waals surface area (Å²) in [4.78, 5) is 14.4. The van der Waals surface area contributed by atoms with Gasteiger partial charge in [0.25, 0.3) is 0 Å². The zero-order valence-corrected chi connectivity index (χ0v) is 14.0. The summed E-state index contributed by atoms with van der Waals surface area (Å²) in [6.45, 7) is 6.33. The maximum absolute atomic E-state index is 13.0. The molecule has 1 aromatic carbocycles. The van der Waals surface area contributed by atoms with E-state index in [2.05, 4.69) is 5.10 Å². The van der Waals surface area contributed by atoms with Gasteiger partial charge in [-0.1, -0.05) is 12.1 Å². The van der Waals surface area contributed by atoms with Crippen molar-refractivity contribution in [3.8, 4) is 0 Å². The second-order valence-corrected chi connectivity index (χ2v) is 5.92. The van der Waals surface area contributed by atoms with E-state index in [4.69, 9.17) is 0 Å². The molecule has 0 aliphatic heterocycles. The lowest BCUT2D eigenvalue weighted by Crippen LogP contribution is -2.35. The van der Waals surface area contributed by atoms with Crippen molar-refractivity contribution in [2.45, 2.75) is 33.4 Å². The molecule has 2 rings (SSSR count). The van der Waals surface area contributed by atoms with Gasteiger partial charge in [-0.25, -0.2) is 4.39 Å². The number of halogens is 1. The average Bonchev–Trinajstić information content (AvgIpc) is 2.90. The lowest BCUT2D eigenvalue weighted by atomic mass is 10.1. The Morgan fingerprint density at radius 2 is 2.00 bits per heavy atom. The number of aromatic nitrogens is 2. The van der Waals surface area contributed by atoms with Gasteiger partial charge in [-0.3, -0.25) is 9.48 Å². The molecule has 23 heavy (non-hydrogen) atoms. The van der Waals surface area contributed by atoms with Crippen molar-refractivity contribution in [3.05, 3.63) is 59.7 Å². The fourth-order valence-electron chi connectivity index (χ4n) is 2.33. The van der Waals surface area contributed by atoms with Crippen LogP contribution in [0.25, 0.3) is 5.57 Å². The number of amides is 1. The van der Waals surface area contributed by atoms with E-state index in [0.29, 0.717) is 6.54 Å². The topological polar surface area (TPSA) is 38.1 Å². The van der Waals surface area contributed by atoms with Crippen LogP contribution >= 0.6 is 0 Å². The van der Waals surface area contributed by atoms with Crippen molar-refractivity contribution in [2.24, 2.45) is 7.05 Å². The Hall–Kier alpha value is -2.43. The van der Waals surface area contributed by atoms with E-state index < -0.39 is 0 Å². The van der Waals surface area contributed by atoms with Gasteiger partial charge in [0.2, 0.25) is 5.91 Å². The molecular formula is C18H22FN3O. The van der Waals surface area contributed by atoms with Crippen LogP contribution in [0.3, 0.4) is 0 Å². The molecule has 0 aliphatic carbocycles. The molecule has 0 N–H and O–H groups in total. The molecule has 2 aromatic rings. The Kier molecular flexibility index (Phi) is 5.32. The molecule has 0 saturated carbocycles. The summed E-state index contributed by atoms with van der Waals surface area (Å²) >= 11 is 0. The number of aryl methyl sites for hydroxylation is 1. The summed E-state index contributed by atoms with van der Waals surface area (Å²) in [5.41, 5.74) is 2.64. The van der Waals surface area contributed by atoms with E-state index in [1.807, 2.05) is 34.0 Å². The van der Waals surface area contributed by atoms with Crippen LogP contribution in [0.5, 0.6) is 0 Å². The van der Waals surface area contributed by atoms with Gasteiger partial charge in [-0.05, 0) is 44.0 Å². The number of allylic oxidation sites excluding steroid dienone is 1. The van der Waals surface area contributed by atoms with Gasteiger partial charge in [0.1, 0.15) is 5.82 Å².